The van der Waals surface area contributed by atoms with Gasteiger partial charge in [0.05, 0.1) is 0 Å². The number of benzene rings is 2. The third kappa shape index (κ3) is 5.21. The largest absolute Gasteiger partial charge is 0.369 e. The molecule has 3 rings (SSSR count). The Morgan fingerprint density at radius 2 is 1.80 bits per heavy atom. The highest BCUT2D eigenvalue weighted by atomic mass is 35.5. The smallest absolute Gasteiger partial charge is 0.225 e. The number of rotatable bonds is 5. The van der Waals surface area contributed by atoms with Crippen molar-refractivity contribution in [3.8, 4) is 0 Å². The van der Waals surface area contributed by atoms with E-state index >= 15 is 0 Å². The molecule has 5 heteroatoms. The maximum absolute atomic E-state index is 12.1. The summed E-state index contributed by atoms with van der Waals surface area (Å²) in [4.78, 5) is 16.9. The molecule has 1 heterocycles. The SMILES string of the molecule is Cc1cccc(N2CCN(CCC(=O)Nc3ccc(Cl)cc3)CC2)c1. The van der Waals surface area contributed by atoms with E-state index in [1.807, 2.05) is 12.1 Å². The molecule has 1 fully saturated rings. The monoisotopic (exact) mass is 357 g/mol. The first-order valence-electron chi connectivity index (χ1n) is 8.69. The van der Waals surface area contributed by atoms with Gasteiger partial charge < -0.3 is 10.2 Å². The molecule has 1 aliphatic rings. The number of amides is 1. The van der Waals surface area contributed by atoms with Gasteiger partial charge >= 0.3 is 0 Å². The molecule has 1 aliphatic heterocycles. The van der Waals surface area contributed by atoms with Crippen molar-refractivity contribution < 1.29 is 4.79 Å². The van der Waals surface area contributed by atoms with E-state index in [9.17, 15) is 4.79 Å². The summed E-state index contributed by atoms with van der Waals surface area (Å²) in [5.74, 6) is 0.0448. The van der Waals surface area contributed by atoms with E-state index in [4.69, 9.17) is 11.6 Å². The van der Waals surface area contributed by atoms with E-state index < -0.39 is 0 Å². The van der Waals surface area contributed by atoms with Gasteiger partial charge in [0.2, 0.25) is 5.91 Å². The molecule has 1 amide bonds. The summed E-state index contributed by atoms with van der Waals surface area (Å²) in [7, 11) is 0. The number of nitrogens with one attached hydrogen (secondary N) is 1. The van der Waals surface area contributed by atoms with Crippen molar-refractivity contribution >= 4 is 28.9 Å². The number of aryl methyl sites for hydroxylation is 1. The number of piperazine rings is 1. The molecular weight excluding hydrogens is 334 g/mol. The van der Waals surface area contributed by atoms with Gasteiger partial charge in [-0.05, 0) is 48.9 Å². The van der Waals surface area contributed by atoms with Crippen LogP contribution < -0.4 is 10.2 Å². The van der Waals surface area contributed by atoms with Crippen molar-refractivity contribution in [3.05, 3.63) is 59.1 Å². The van der Waals surface area contributed by atoms with Crippen molar-refractivity contribution in [1.82, 2.24) is 4.90 Å². The van der Waals surface area contributed by atoms with Crippen LogP contribution in [0.4, 0.5) is 11.4 Å². The maximum Gasteiger partial charge on any atom is 0.225 e. The molecule has 0 aromatic heterocycles. The van der Waals surface area contributed by atoms with E-state index in [-0.39, 0.29) is 5.91 Å². The Hall–Kier alpha value is -2.04. The molecule has 132 valence electrons. The van der Waals surface area contributed by atoms with E-state index in [0.29, 0.717) is 11.4 Å². The van der Waals surface area contributed by atoms with Crippen LogP contribution in [-0.2, 0) is 4.79 Å². The normalized spacial score (nSPS) is 15.2. The summed E-state index contributed by atoms with van der Waals surface area (Å²) in [6.45, 7) is 6.90. The Morgan fingerprint density at radius 1 is 1.08 bits per heavy atom. The molecule has 1 saturated heterocycles. The van der Waals surface area contributed by atoms with E-state index in [2.05, 4.69) is 46.3 Å². The Bertz CT molecular complexity index is 709. The first kappa shape index (κ1) is 17.8. The molecule has 2 aromatic carbocycles. The minimum atomic E-state index is 0.0448. The van der Waals surface area contributed by atoms with Crippen molar-refractivity contribution in [3.63, 3.8) is 0 Å². The fourth-order valence-corrected chi connectivity index (χ4v) is 3.20. The molecule has 4 nitrogen and oxygen atoms in total. The second-order valence-corrected chi connectivity index (χ2v) is 6.91. The lowest BCUT2D eigenvalue weighted by Crippen LogP contribution is -2.47. The van der Waals surface area contributed by atoms with Crippen LogP contribution in [0.5, 0.6) is 0 Å². The summed E-state index contributed by atoms with van der Waals surface area (Å²) < 4.78 is 0. The first-order valence-corrected chi connectivity index (χ1v) is 9.07. The highest BCUT2D eigenvalue weighted by Gasteiger charge is 2.17. The van der Waals surface area contributed by atoms with Gasteiger partial charge in [-0.15, -0.1) is 0 Å². The molecule has 0 aliphatic carbocycles. The Kier molecular flexibility index (Phi) is 5.95. The second-order valence-electron chi connectivity index (χ2n) is 6.47. The van der Waals surface area contributed by atoms with Gasteiger partial charge in [0, 0.05) is 55.5 Å². The molecule has 0 unspecified atom stereocenters. The number of carbonyl (C=O) groups excluding carboxylic acids is 1. The number of hydrogen-bond donors (Lipinski definition) is 1. The predicted molar refractivity (Wildman–Crippen MR) is 105 cm³/mol. The van der Waals surface area contributed by atoms with Crippen LogP contribution in [0.3, 0.4) is 0 Å². The number of anilines is 2. The van der Waals surface area contributed by atoms with Crippen molar-refractivity contribution in [2.45, 2.75) is 13.3 Å². The fourth-order valence-electron chi connectivity index (χ4n) is 3.07. The lowest BCUT2D eigenvalue weighted by molar-refractivity contribution is -0.116. The summed E-state index contributed by atoms with van der Waals surface area (Å²) in [6, 6.07) is 15.8. The number of nitrogens with zero attached hydrogens (tertiary/aromatic N) is 2. The van der Waals surface area contributed by atoms with Gasteiger partial charge in [-0.2, -0.15) is 0 Å². The van der Waals surface area contributed by atoms with Crippen LogP contribution in [0.1, 0.15) is 12.0 Å². The minimum absolute atomic E-state index is 0.0448. The standard InChI is InChI=1S/C20H24ClN3O/c1-16-3-2-4-19(15-16)24-13-11-23(12-14-24)10-9-20(25)22-18-7-5-17(21)6-8-18/h2-8,15H,9-14H2,1H3,(H,22,25). The molecular formula is C20H24ClN3O. The van der Waals surface area contributed by atoms with Crippen molar-refractivity contribution in [2.75, 3.05) is 42.9 Å². The van der Waals surface area contributed by atoms with Crippen LogP contribution in [-0.4, -0.2) is 43.5 Å². The molecule has 0 atom stereocenters. The zero-order chi connectivity index (χ0) is 17.6. The third-order valence-corrected chi connectivity index (χ3v) is 4.77. The third-order valence-electron chi connectivity index (χ3n) is 4.52. The van der Waals surface area contributed by atoms with E-state index in [0.717, 1.165) is 38.4 Å². The lowest BCUT2D eigenvalue weighted by atomic mass is 10.2. The van der Waals surface area contributed by atoms with Gasteiger partial charge in [-0.1, -0.05) is 23.7 Å². The van der Waals surface area contributed by atoms with Gasteiger partial charge in [0.1, 0.15) is 0 Å². The highest BCUT2D eigenvalue weighted by Crippen LogP contribution is 2.18. The predicted octanol–water partition coefficient (Wildman–Crippen LogP) is 3.80. The zero-order valence-corrected chi connectivity index (χ0v) is 15.3. The molecule has 2 aromatic rings. The fraction of sp³-hybridized carbons (Fsp3) is 0.350. The maximum atomic E-state index is 12.1. The van der Waals surface area contributed by atoms with Crippen molar-refractivity contribution in [2.24, 2.45) is 0 Å². The Morgan fingerprint density at radius 3 is 2.48 bits per heavy atom. The molecule has 0 radical (unpaired) electrons. The number of hydrogen-bond acceptors (Lipinski definition) is 3. The Labute approximate surface area is 154 Å². The van der Waals surface area contributed by atoms with Gasteiger partial charge in [-0.25, -0.2) is 0 Å². The zero-order valence-electron chi connectivity index (χ0n) is 14.5. The number of carbonyl (C=O) groups is 1. The minimum Gasteiger partial charge on any atom is -0.369 e. The van der Waals surface area contributed by atoms with E-state index in [1.165, 1.54) is 11.3 Å². The average Bonchev–Trinajstić information content (AvgIpc) is 2.62. The second kappa shape index (κ2) is 8.37. The Balaban J connectivity index is 1.41. The summed E-state index contributed by atoms with van der Waals surface area (Å²) in [5, 5.41) is 3.59. The molecule has 0 saturated carbocycles. The van der Waals surface area contributed by atoms with Crippen LogP contribution in [0.25, 0.3) is 0 Å². The molecule has 1 N–H and O–H groups in total. The van der Waals surface area contributed by atoms with Gasteiger partial charge in [-0.3, -0.25) is 9.69 Å². The van der Waals surface area contributed by atoms with Gasteiger partial charge in [0.15, 0.2) is 0 Å². The summed E-state index contributed by atoms with van der Waals surface area (Å²) >= 11 is 5.85. The van der Waals surface area contributed by atoms with Crippen LogP contribution in [0, 0.1) is 6.92 Å². The molecule has 0 bridgehead atoms. The summed E-state index contributed by atoms with van der Waals surface area (Å²) in [6.07, 6.45) is 0.507. The van der Waals surface area contributed by atoms with E-state index in [1.54, 1.807) is 12.1 Å². The molecule has 25 heavy (non-hydrogen) atoms. The topological polar surface area (TPSA) is 35.6 Å². The lowest BCUT2D eigenvalue weighted by Gasteiger charge is -2.36. The number of halogens is 1. The average molecular weight is 358 g/mol. The van der Waals surface area contributed by atoms with Crippen molar-refractivity contribution in [1.29, 1.82) is 0 Å². The van der Waals surface area contributed by atoms with Crippen LogP contribution in [0.2, 0.25) is 5.02 Å². The quantitative estimate of drug-likeness (QED) is 0.884. The van der Waals surface area contributed by atoms with Gasteiger partial charge in [0.25, 0.3) is 0 Å². The van der Waals surface area contributed by atoms with Crippen LogP contribution >= 0.6 is 11.6 Å². The summed E-state index contributed by atoms with van der Waals surface area (Å²) in [5.41, 5.74) is 3.37. The molecule has 0 spiro atoms. The first-order chi connectivity index (χ1) is 12.1. The van der Waals surface area contributed by atoms with Crippen LogP contribution in [0.15, 0.2) is 48.5 Å². The highest BCUT2D eigenvalue weighted by molar-refractivity contribution is 6.30.